The van der Waals surface area contributed by atoms with E-state index in [0.29, 0.717) is 17.0 Å². The van der Waals surface area contributed by atoms with Gasteiger partial charge in [0.1, 0.15) is 9.90 Å². The molecule has 1 atom stereocenters. The second-order valence-electron chi connectivity index (χ2n) is 5.39. The first kappa shape index (κ1) is 13.1. The van der Waals surface area contributed by atoms with Crippen molar-refractivity contribution in [1.82, 2.24) is 9.27 Å². The highest BCUT2D eigenvalue weighted by atomic mass is 32.2. The largest absolute Gasteiger partial charge is 0.382 e. The van der Waals surface area contributed by atoms with Gasteiger partial charge in [-0.2, -0.15) is 4.37 Å². The van der Waals surface area contributed by atoms with E-state index in [1.807, 2.05) is 0 Å². The molecular formula is C11H18N4O2S2. The molecule has 4 rings (SSSR count). The van der Waals surface area contributed by atoms with Crippen LogP contribution in [-0.4, -0.2) is 49.6 Å². The second-order valence-corrected chi connectivity index (χ2v) is 8.11. The van der Waals surface area contributed by atoms with Crippen molar-refractivity contribution in [3.05, 3.63) is 0 Å². The van der Waals surface area contributed by atoms with Gasteiger partial charge in [-0.05, 0) is 43.4 Å². The zero-order chi connectivity index (χ0) is 13.6. The topological polar surface area (TPSA) is 88.3 Å². The van der Waals surface area contributed by atoms with Gasteiger partial charge in [-0.25, -0.2) is 8.42 Å². The molecule has 6 nitrogen and oxygen atoms in total. The Kier molecular flexibility index (Phi) is 3.18. The fraction of sp³-hybridized carbons (Fsp3) is 0.727. The summed E-state index contributed by atoms with van der Waals surface area (Å²) in [6, 6.07) is 0.308. The number of nitrogens with zero attached hydrogens (tertiary/aromatic N) is 2. The summed E-state index contributed by atoms with van der Waals surface area (Å²) in [4.78, 5) is 2.58. The second kappa shape index (κ2) is 4.60. The van der Waals surface area contributed by atoms with Gasteiger partial charge in [-0.1, -0.05) is 0 Å². The summed E-state index contributed by atoms with van der Waals surface area (Å²) in [5.74, 6) is 0.733. The van der Waals surface area contributed by atoms with E-state index < -0.39 is 9.84 Å². The number of anilines is 2. The van der Waals surface area contributed by atoms with E-state index in [1.54, 1.807) is 0 Å². The van der Waals surface area contributed by atoms with E-state index in [-0.39, 0.29) is 10.7 Å². The molecule has 3 saturated heterocycles. The molecule has 3 N–H and O–H groups in total. The molecule has 2 bridgehead atoms. The van der Waals surface area contributed by atoms with Crippen LogP contribution in [0.1, 0.15) is 12.8 Å². The normalized spacial score (nSPS) is 30.5. The number of aromatic nitrogens is 1. The van der Waals surface area contributed by atoms with Gasteiger partial charge in [-0.15, -0.1) is 0 Å². The number of nitrogen functional groups attached to an aromatic ring is 1. The minimum absolute atomic E-state index is 0.108. The number of rotatable bonds is 3. The van der Waals surface area contributed by atoms with Crippen molar-refractivity contribution in [2.75, 3.05) is 36.9 Å². The van der Waals surface area contributed by atoms with E-state index in [1.165, 1.54) is 19.1 Å². The molecule has 0 saturated carbocycles. The van der Waals surface area contributed by atoms with Crippen molar-refractivity contribution >= 4 is 32.2 Å². The van der Waals surface area contributed by atoms with Gasteiger partial charge in [0.2, 0.25) is 0 Å². The van der Waals surface area contributed by atoms with E-state index in [0.717, 1.165) is 31.2 Å². The molecule has 0 amide bonds. The number of nitrogens with two attached hydrogens (primary N) is 1. The smallest absolute Gasteiger partial charge is 0.182 e. The van der Waals surface area contributed by atoms with Gasteiger partial charge in [0.15, 0.2) is 15.7 Å². The highest BCUT2D eigenvalue weighted by molar-refractivity contribution is 7.91. The van der Waals surface area contributed by atoms with Gasteiger partial charge < -0.3 is 16.0 Å². The van der Waals surface area contributed by atoms with E-state index >= 15 is 0 Å². The summed E-state index contributed by atoms with van der Waals surface area (Å²) in [6.45, 7) is 3.30. The van der Waals surface area contributed by atoms with Crippen LogP contribution in [0.4, 0.5) is 10.8 Å². The molecule has 8 heteroatoms. The Hall–Kier alpha value is -0.860. The number of piperidine rings is 3. The first-order valence-electron chi connectivity index (χ1n) is 6.39. The molecule has 1 unspecified atom stereocenters. The summed E-state index contributed by atoms with van der Waals surface area (Å²) in [5.41, 5.74) is 5.68. The SMILES string of the molecule is CS(=O)(=O)c1c(N)nsc1NC1CN2CCC1CC2. The summed E-state index contributed by atoms with van der Waals surface area (Å²) in [5, 5.41) is 3.96. The lowest BCUT2D eigenvalue weighted by molar-refractivity contribution is 0.0976. The fourth-order valence-corrected chi connectivity index (χ4v) is 5.16. The van der Waals surface area contributed by atoms with Gasteiger partial charge in [0.25, 0.3) is 0 Å². The van der Waals surface area contributed by atoms with Crippen LogP contribution in [0.3, 0.4) is 0 Å². The molecule has 0 aromatic carbocycles. The third-order valence-corrected chi connectivity index (χ3v) is 6.09. The maximum absolute atomic E-state index is 11.8. The molecule has 1 aromatic rings. The third kappa shape index (κ3) is 2.44. The first-order chi connectivity index (χ1) is 8.95. The molecular weight excluding hydrogens is 284 g/mol. The molecule has 0 radical (unpaired) electrons. The Morgan fingerprint density at radius 3 is 2.63 bits per heavy atom. The van der Waals surface area contributed by atoms with Crippen LogP contribution >= 0.6 is 11.5 Å². The predicted molar refractivity (Wildman–Crippen MR) is 76.2 cm³/mol. The van der Waals surface area contributed by atoms with Crippen molar-refractivity contribution in [2.45, 2.75) is 23.8 Å². The van der Waals surface area contributed by atoms with Crippen molar-refractivity contribution in [3.63, 3.8) is 0 Å². The standard InChI is InChI=1S/C11H18N4O2S2/c1-19(16,17)9-10(12)14-18-11(9)13-8-6-15-4-2-7(8)3-5-15/h7-8,13H,2-6H2,1H3,(H2,12,14). The highest BCUT2D eigenvalue weighted by Crippen LogP contribution is 2.35. The lowest BCUT2D eigenvalue weighted by atomic mass is 9.84. The number of sulfone groups is 1. The minimum atomic E-state index is -3.34. The molecule has 4 heterocycles. The van der Waals surface area contributed by atoms with Crippen LogP contribution < -0.4 is 11.1 Å². The van der Waals surface area contributed by atoms with Crippen LogP contribution in [-0.2, 0) is 9.84 Å². The predicted octanol–water partition coefficient (Wildman–Crippen LogP) is 0.635. The van der Waals surface area contributed by atoms with Crippen LogP contribution in [0, 0.1) is 5.92 Å². The van der Waals surface area contributed by atoms with E-state index in [2.05, 4.69) is 14.6 Å². The summed E-state index contributed by atoms with van der Waals surface area (Å²) < 4.78 is 27.5. The molecule has 3 aliphatic rings. The lowest BCUT2D eigenvalue weighted by Crippen LogP contribution is -2.53. The molecule has 3 fully saturated rings. The van der Waals surface area contributed by atoms with E-state index in [4.69, 9.17) is 5.73 Å². The van der Waals surface area contributed by atoms with Gasteiger partial charge >= 0.3 is 0 Å². The Morgan fingerprint density at radius 2 is 2.11 bits per heavy atom. The van der Waals surface area contributed by atoms with Crippen LogP contribution in [0.25, 0.3) is 0 Å². The molecule has 0 spiro atoms. The summed E-state index contributed by atoms with van der Waals surface area (Å²) in [7, 11) is -3.34. The molecule has 3 aliphatic heterocycles. The van der Waals surface area contributed by atoms with E-state index in [9.17, 15) is 8.42 Å². The monoisotopic (exact) mass is 302 g/mol. The Balaban J connectivity index is 1.85. The third-order valence-electron chi connectivity index (χ3n) is 4.02. The number of nitrogens with one attached hydrogen (secondary N) is 1. The zero-order valence-corrected chi connectivity index (χ0v) is 12.4. The molecule has 1 aromatic heterocycles. The Labute approximate surface area is 117 Å². The lowest BCUT2D eigenvalue weighted by Gasteiger charge is -2.45. The van der Waals surface area contributed by atoms with Crippen LogP contribution in [0.15, 0.2) is 4.90 Å². The molecule has 0 aliphatic carbocycles. The van der Waals surface area contributed by atoms with Crippen LogP contribution in [0.5, 0.6) is 0 Å². The number of hydrogen-bond donors (Lipinski definition) is 2. The van der Waals surface area contributed by atoms with Crippen molar-refractivity contribution in [1.29, 1.82) is 0 Å². The quantitative estimate of drug-likeness (QED) is 0.851. The summed E-state index contributed by atoms with van der Waals surface area (Å²) >= 11 is 1.14. The average molecular weight is 302 g/mol. The Bertz CT molecular complexity index is 576. The highest BCUT2D eigenvalue weighted by Gasteiger charge is 2.35. The average Bonchev–Trinajstić information content (AvgIpc) is 2.71. The maximum Gasteiger partial charge on any atom is 0.182 e. The molecule has 19 heavy (non-hydrogen) atoms. The number of fused-ring (bicyclic) bond motifs is 3. The first-order valence-corrected chi connectivity index (χ1v) is 9.05. The minimum Gasteiger partial charge on any atom is -0.382 e. The zero-order valence-electron chi connectivity index (χ0n) is 10.8. The van der Waals surface area contributed by atoms with Crippen LogP contribution in [0.2, 0.25) is 0 Å². The summed E-state index contributed by atoms with van der Waals surface area (Å²) in [6.07, 6.45) is 3.54. The Morgan fingerprint density at radius 1 is 1.42 bits per heavy atom. The fourth-order valence-electron chi connectivity index (χ4n) is 3.04. The van der Waals surface area contributed by atoms with Crippen molar-refractivity contribution in [2.24, 2.45) is 5.92 Å². The number of hydrogen-bond acceptors (Lipinski definition) is 7. The van der Waals surface area contributed by atoms with Gasteiger partial charge in [-0.3, -0.25) is 0 Å². The van der Waals surface area contributed by atoms with Crippen molar-refractivity contribution < 1.29 is 8.42 Å². The maximum atomic E-state index is 11.8. The van der Waals surface area contributed by atoms with Gasteiger partial charge in [0.05, 0.1) is 0 Å². The van der Waals surface area contributed by atoms with Crippen molar-refractivity contribution in [3.8, 4) is 0 Å². The van der Waals surface area contributed by atoms with Gasteiger partial charge in [0, 0.05) is 18.8 Å². The molecule has 106 valence electrons.